The smallest absolute Gasteiger partial charge is 0.242 e. The van der Waals surface area contributed by atoms with Crippen LogP contribution in [0.1, 0.15) is 25.8 Å². The van der Waals surface area contributed by atoms with Gasteiger partial charge in [0.2, 0.25) is 5.91 Å². The summed E-state index contributed by atoms with van der Waals surface area (Å²) in [5.74, 6) is 2.80. The molecule has 0 unspecified atom stereocenters. The minimum absolute atomic E-state index is 0.0356. The number of benzene rings is 1. The SMILES string of the molecule is CCOc1ccc(Cl)cc1/C=N\NC(=O)CC1(C)SCCS1. The molecule has 4 nitrogen and oxygen atoms in total. The number of carbonyl (C=O) groups excluding carboxylic acids is 1. The second-order valence-corrected chi connectivity index (χ2v) is 8.81. The summed E-state index contributed by atoms with van der Waals surface area (Å²) in [5, 5.41) is 4.62. The van der Waals surface area contributed by atoms with Crippen LogP contribution < -0.4 is 10.2 Å². The van der Waals surface area contributed by atoms with E-state index >= 15 is 0 Å². The van der Waals surface area contributed by atoms with Crippen molar-refractivity contribution in [3.8, 4) is 5.75 Å². The van der Waals surface area contributed by atoms with Gasteiger partial charge in [-0.2, -0.15) is 5.10 Å². The second kappa shape index (κ2) is 8.13. The van der Waals surface area contributed by atoms with E-state index in [-0.39, 0.29) is 9.99 Å². The van der Waals surface area contributed by atoms with Crippen molar-refractivity contribution in [2.24, 2.45) is 5.10 Å². The van der Waals surface area contributed by atoms with Crippen LogP contribution in [0.2, 0.25) is 5.02 Å². The Balaban J connectivity index is 1.94. The second-order valence-electron chi connectivity index (χ2n) is 4.92. The maximum absolute atomic E-state index is 12.0. The Morgan fingerprint density at radius 2 is 2.23 bits per heavy atom. The maximum Gasteiger partial charge on any atom is 0.242 e. The van der Waals surface area contributed by atoms with Gasteiger partial charge < -0.3 is 4.74 Å². The zero-order valence-corrected chi connectivity index (χ0v) is 15.0. The zero-order valence-electron chi connectivity index (χ0n) is 12.6. The molecule has 1 amide bonds. The molecule has 1 aliphatic rings. The first-order valence-electron chi connectivity index (χ1n) is 7.04. The Hall–Kier alpha value is -0.850. The van der Waals surface area contributed by atoms with Crippen LogP contribution in [0.15, 0.2) is 23.3 Å². The predicted octanol–water partition coefficient (Wildman–Crippen LogP) is 3.78. The monoisotopic (exact) mass is 358 g/mol. The zero-order chi connectivity index (χ0) is 16.0. The van der Waals surface area contributed by atoms with Crippen molar-refractivity contribution in [2.75, 3.05) is 18.1 Å². The minimum Gasteiger partial charge on any atom is -0.493 e. The third-order valence-electron chi connectivity index (χ3n) is 3.04. The highest BCUT2D eigenvalue weighted by molar-refractivity contribution is 8.21. The summed E-state index contributed by atoms with van der Waals surface area (Å²) in [6, 6.07) is 5.31. The van der Waals surface area contributed by atoms with Crippen molar-refractivity contribution in [1.29, 1.82) is 0 Å². The Morgan fingerprint density at radius 1 is 1.50 bits per heavy atom. The maximum atomic E-state index is 12.0. The van der Waals surface area contributed by atoms with Crippen LogP contribution in [0.25, 0.3) is 0 Å². The number of amides is 1. The fraction of sp³-hybridized carbons (Fsp3) is 0.467. The molecule has 1 aromatic rings. The van der Waals surface area contributed by atoms with Gasteiger partial charge in [0.05, 0.1) is 23.3 Å². The van der Waals surface area contributed by atoms with Crippen LogP contribution in [0.3, 0.4) is 0 Å². The normalized spacial score (nSPS) is 16.9. The molecule has 0 radical (unpaired) electrons. The van der Waals surface area contributed by atoms with Gasteiger partial charge in [-0.25, -0.2) is 5.43 Å². The third-order valence-corrected chi connectivity index (χ3v) is 6.57. The largest absolute Gasteiger partial charge is 0.493 e. The molecule has 1 aromatic carbocycles. The first-order chi connectivity index (χ1) is 10.5. The van der Waals surface area contributed by atoms with E-state index < -0.39 is 0 Å². The average Bonchev–Trinajstić information content (AvgIpc) is 2.88. The number of hydrazone groups is 1. The number of nitrogens with zero attached hydrogens (tertiary/aromatic N) is 1. The Bertz CT molecular complexity index is 560. The lowest BCUT2D eigenvalue weighted by Crippen LogP contribution is -2.26. The molecule has 1 aliphatic heterocycles. The molecule has 2 rings (SSSR count). The molecule has 1 heterocycles. The lowest BCUT2D eigenvalue weighted by atomic mass is 10.2. The van der Waals surface area contributed by atoms with Crippen molar-refractivity contribution >= 4 is 47.2 Å². The van der Waals surface area contributed by atoms with Crippen LogP contribution in [-0.2, 0) is 4.79 Å². The lowest BCUT2D eigenvalue weighted by molar-refractivity contribution is -0.121. The molecule has 1 saturated heterocycles. The Morgan fingerprint density at radius 3 is 2.91 bits per heavy atom. The fourth-order valence-electron chi connectivity index (χ4n) is 2.07. The summed E-state index contributed by atoms with van der Waals surface area (Å²) in [5.41, 5.74) is 3.32. The van der Waals surface area contributed by atoms with Gasteiger partial charge >= 0.3 is 0 Å². The summed E-state index contributed by atoms with van der Waals surface area (Å²) in [6.07, 6.45) is 2.01. The molecule has 1 N–H and O–H groups in total. The van der Waals surface area contributed by atoms with Crippen molar-refractivity contribution in [3.05, 3.63) is 28.8 Å². The molecular weight excluding hydrogens is 340 g/mol. The molecule has 1 fully saturated rings. The number of thioether (sulfide) groups is 2. The van der Waals surface area contributed by atoms with E-state index in [0.29, 0.717) is 23.8 Å². The van der Waals surface area contributed by atoms with Gasteiger partial charge in [0.25, 0.3) is 0 Å². The molecule has 0 bridgehead atoms. The summed E-state index contributed by atoms with van der Waals surface area (Å²) in [6.45, 7) is 4.57. The first-order valence-corrected chi connectivity index (χ1v) is 9.39. The number of rotatable bonds is 6. The van der Waals surface area contributed by atoms with Gasteiger partial charge in [-0.05, 0) is 32.0 Å². The number of hydrogen-bond acceptors (Lipinski definition) is 5. The third kappa shape index (κ3) is 5.11. The molecule has 0 aromatic heterocycles. The van der Waals surface area contributed by atoms with Crippen molar-refractivity contribution < 1.29 is 9.53 Å². The van der Waals surface area contributed by atoms with E-state index in [1.807, 2.05) is 30.4 Å². The molecule has 22 heavy (non-hydrogen) atoms. The highest BCUT2D eigenvalue weighted by Gasteiger charge is 2.32. The summed E-state index contributed by atoms with van der Waals surface area (Å²) in [4.78, 5) is 12.0. The van der Waals surface area contributed by atoms with Gasteiger partial charge in [-0.1, -0.05) is 11.6 Å². The molecule has 0 saturated carbocycles. The van der Waals surface area contributed by atoms with Gasteiger partial charge in [0, 0.05) is 22.1 Å². The van der Waals surface area contributed by atoms with E-state index in [4.69, 9.17) is 16.3 Å². The van der Waals surface area contributed by atoms with Crippen LogP contribution in [0.5, 0.6) is 5.75 Å². The summed E-state index contributed by atoms with van der Waals surface area (Å²) >= 11 is 9.63. The topological polar surface area (TPSA) is 50.7 Å². The van der Waals surface area contributed by atoms with Gasteiger partial charge in [-0.15, -0.1) is 23.5 Å². The number of ether oxygens (including phenoxy) is 1. The van der Waals surface area contributed by atoms with Crippen LogP contribution >= 0.6 is 35.1 Å². The van der Waals surface area contributed by atoms with Crippen molar-refractivity contribution in [1.82, 2.24) is 5.43 Å². The summed E-state index contributed by atoms with van der Waals surface area (Å²) < 4.78 is 5.47. The van der Waals surface area contributed by atoms with Crippen LogP contribution in [-0.4, -0.2) is 34.3 Å². The van der Waals surface area contributed by atoms with E-state index in [0.717, 1.165) is 17.1 Å². The van der Waals surface area contributed by atoms with E-state index in [2.05, 4.69) is 17.5 Å². The number of hydrogen-bond donors (Lipinski definition) is 1. The highest BCUT2D eigenvalue weighted by atomic mass is 35.5. The molecule has 0 atom stereocenters. The van der Waals surface area contributed by atoms with Gasteiger partial charge in [0.1, 0.15) is 5.75 Å². The standard InChI is InChI=1S/C15H19ClN2O2S2/c1-3-20-13-5-4-12(16)8-11(13)10-17-18-14(19)9-15(2)21-6-7-22-15/h4-5,8,10H,3,6-7,9H2,1-2H3,(H,18,19)/b17-10-. The number of carbonyl (C=O) groups is 1. The lowest BCUT2D eigenvalue weighted by Gasteiger charge is -2.19. The highest BCUT2D eigenvalue weighted by Crippen LogP contribution is 2.45. The first kappa shape index (κ1) is 17.5. The van der Waals surface area contributed by atoms with Gasteiger partial charge in [-0.3, -0.25) is 4.79 Å². The molecule has 7 heteroatoms. The van der Waals surface area contributed by atoms with E-state index in [1.54, 1.807) is 24.4 Å². The van der Waals surface area contributed by atoms with E-state index in [9.17, 15) is 4.79 Å². The van der Waals surface area contributed by atoms with E-state index in [1.165, 1.54) is 0 Å². The Kier molecular flexibility index (Phi) is 6.47. The predicted molar refractivity (Wildman–Crippen MR) is 96.3 cm³/mol. The average molecular weight is 359 g/mol. The molecule has 0 spiro atoms. The Labute approximate surface area is 144 Å². The van der Waals surface area contributed by atoms with Crippen LogP contribution in [0.4, 0.5) is 0 Å². The van der Waals surface area contributed by atoms with Gasteiger partial charge in [0.15, 0.2) is 0 Å². The minimum atomic E-state index is -0.0827. The summed E-state index contributed by atoms with van der Waals surface area (Å²) in [7, 11) is 0. The fourth-order valence-corrected chi connectivity index (χ4v) is 5.08. The molecule has 120 valence electrons. The van der Waals surface area contributed by atoms with Crippen molar-refractivity contribution in [3.63, 3.8) is 0 Å². The van der Waals surface area contributed by atoms with Crippen LogP contribution in [0, 0.1) is 0 Å². The molecular formula is C15H19ClN2O2S2. The number of halogens is 1. The quantitative estimate of drug-likeness (QED) is 0.621. The molecule has 0 aliphatic carbocycles. The van der Waals surface area contributed by atoms with Crippen molar-refractivity contribution in [2.45, 2.75) is 24.3 Å². The number of nitrogens with one attached hydrogen (secondary N) is 1.